The van der Waals surface area contributed by atoms with Gasteiger partial charge in [-0.05, 0) is 63.6 Å². The first kappa shape index (κ1) is 27.3. The Morgan fingerprint density at radius 3 is 2.56 bits per heavy atom. The van der Waals surface area contributed by atoms with Crippen molar-refractivity contribution in [2.45, 2.75) is 46.0 Å². The lowest BCUT2D eigenvalue weighted by Gasteiger charge is -2.13. The van der Waals surface area contributed by atoms with Crippen LogP contribution in [0.1, 0.15) is 42.5 Å². The van der Waals surface area contributed by atoms with E-state index >= 15 is 0 Å². The molecule has 2 aromatic carbocycles. The number of benzene rings is 2. The molecule has 0 radical (unpaired) electrons. The van der Waals surface area contributed by atoms with Crippen molar-refractivity contribution in [2.24, 2.45) is 0 Å². The maximum atomic E-state index is 12.6. The Hall–Kier alpha value is -3.24. The Labute approximate surface area is 219 Å². The van der Waals surface area contributed by atoms with E-state index in [2.05, 4.69) is 15.5 Å². The standard InChI is InChI=1S/C25H29ClN4O5S/c1-5-30-22(14-35-20-11-8-16(4)12-21(20)33-6-2)28-29-25(30)36-15-23(31)27-19-13-17(9-10-18(19)26)24(32)34-7-3/h8-13H,5-7,14-15H2,1-4H3,(H,27,31). The average Bonchev–Trinajstić information content (AvgIpc) is 3.25. The number of aromatic nitrogens is 3. The van der Waals surface area contributed by atoms with Crippen molar-refractivity contribution >= 4 is 40.9 Å². The fourth-order valence-corrected chi connectivity index (χ4v) is 4.26. The Morgan fingerprint density at radius 2 is 1.83 bits per heavy atom. The summed E-state index contributed by atoms with van der Waals surface area (Å²) in [4.78, 5) is 24.6. The summed E-state index contributed by atoms with van der Waals surface area (Å²) in [5.74, 6) is 1.23. The van der Waals surface area contributed by atoms with Crippen molar-refractivity contribution in [2.75, 3.05) is 24.3 Å². The number of halogens is 1. The number of thioether (sulfide) groups is 1. The highest BCUT2D eigenvalue weighted by Crippen LogP contribution is 2.29. The molecule has 1 amide bonds. The van der Waals surface area contributed by atoms with Gasteiger partial charge in [-0.2, -0.15) is 0 Å². The molecule has 1 aromatic heterocycles. The molecule has 1 N–H and O–H groups in total. The molecular formula is C25H29ClN4O5S. The lowest BCUT2D eigenvalue weighted by atomic mass is 10.2. The van der Waals surface area contributed by atoms with Crippen LogP contribution in [-0.4, -0.2) is 45.6 Å². The minimum Gasteiger partial charge on any atom is -0.490 e. The molecule has 192 valence electrons. The van der Waals surface area contributed by atoms with Gasteiger partial charge in [-0.1, -0.05) is 29.4 Å². The van der Waals surface area contributed by atoms with E-state index in [1.165, 1.54) is 17.8 Å². The van der Waals surface area contributed by atoms with E-state index in [0.29, 0.717) is 51.9 Å². The molecule has 0 aliphatic rings. The van der Waals surface area contributed by atoms with Crippen LogP contribution in [0.3, 0.4) is 0 Å². The average molecular weight is 533 g/mol. The summed E-state index contributed by atoms with van der Waals surface area (Å²) in [6.07, 6.45) is 0. The quantitative estimate of drug-likeness (QED) is 0.252. The van der Waals surface area contributed by atoms with Crippen molar-refractivity contribution in [3.05, 3.63) is 58.4 Å². The molecular weight excluding hydrogens is 504 g/mol. The first-order chi connectivity index (χ1) is 17.4. The van der Waals surface area contributed by atoms with Gasteiger partial charge in [0.15, 0.2) is 22.5 Å². The summed E-state index contributed by atoms with van der Waals surface area (Å²) in [5.41, 5.74) is 1.72. The number of ether oxygens (including phenoxy) is 3. The van der Waals surface area contributed by atoms with Crippen LogP contribution < -0.4 is 14.8 Å². The van der Waals surface area contributed by atoms with Gasteiger partial charge in [0.1, 0.15) is 6.61 Å². The molecule has 3 aromatic rings. The molecule has 0 fully saturated rings. The Balaban J connectivity index is 1.62. The third-order valence-electron chi connectivity index (χ3n) is 4.95. The van der Waals surface area contributed by atoms with E-state index in [1.54, 1.807) is 19.1 Å². The Kier molecular flexibility index (Phi) is 10.0. The summed E-state index contributed by atoms with van der Waals surface area (Å²) in [6.45, 7) is 9.20. The minimum atomic E-state index is -0.483. The lowest BCUT2D eigenvalue weighted by Crippen LogP contribution is -2.16. The van der Waals surface area contributed by atoms with Gasteiger partial charge >= 0.3 is 5.97 Å². The fourth-order valence-electron chi connectivity index (χ4n) is 3.27. The van der Waals surface area contributed by atoms with E-state index < -0.39 is 5.97 Å². The molecule has 0 atom stereocenters. The van der Waals surface area contributed by atoms with Crippen molar-refractivity contribution in [3.8, 4) is 11.5 Å². The van der Waals surface area contributed by atoms with Gasteiger partial charge in [-0.25, -0.2) is 4.79 Å². The van der Waals surface area contributed by atoms with Gasteiger partial charge in [0.2, 0.25) is 5.91 Å². The second kappa shape index (κ2) is 13.2. The molecule has 11 heteroatoms. The first-order valence-electron chi connectivity index (χ1n) is 11.5. The van der Waals surface area contributed by atoms with Crippen molar-refractivity contribution < 1.29 is 23.8 Å². The molecule has 36 heavy (non-hydrogen) atoms. The molecule has 0 bridgehead atoms. The number of esters is 1. The van der Waals surface area contributed by atoms with Gasteiger partial charge in [0, 0.05) is 6.54 Å². The molecule has 0 unspecified atom stereocenters. The van der Waals surface area contributed by atoms with Crippen LogP contribution >= 0.6 is 23.4 Å². The summed E-state index contributed by atoms with van der Waals surface area (Å²) in [6, 6.07) is 10.3. The third kappa shape index (κ3) is 7.14. The van der Waals surface area contributed by atoms with Gasteiger partial charge in [-0.3, -0.25) is 4.79 Å². The molecule has 0 aliphatic heterocycles. The molecule has 0 saturated carbocycles. The van der Waals surface area contributed by atoms with Crippen LogP contribution in [0.15, 0.2) is 41.6 Å². The van der Waals surface area contributed by atoms with E-state index in [-0.39, 0.29) is 24.9 Å². The number of nitrogens with zero attached hydrogens (tertiary/aromatic N) is 3. The van der Waals surface area contributed by atoms with Crippen LogP contribution in [0.2, 0.25) is 5.02 Å². The van der Waals surface area contributed by atoms with Crippen molar-refractivity contribution in [1.29, 1.82) is 0 Å². The highest BCUT2D eigenvalue weighted by molar-refractivity contribution is 7.99. The van der Waals surface area contributed by atoms with E-state index in [9.17, 15) is 9.59 Å². The van der Waals surface area contributed by atoms with E-state index in [0.717, 1.165) is 5.56 Å². The molecule has 0 aliphatic carbocycles. The minimum absolute atomic E-state index is 0.0748. The summed E-state index contributed by atoms with van der Waals surface area (Å²) >= 11 is 7.43. The number of nitrogens with one attached hydrogen (secondary N) is 1. The molecule has 1 heterocycles. The molecule has 0 saturated heterocycles. The maximum Gasteiger partial charge on any atom is 0.338 e. The SMILES string of the molecule is CCOC(=O)c1ccc(Cl)c(NC(=O)CSc2nnc(COc3ccc(C)cc3OCC)n2CC)c1. The Morgan fingerprint density at radius 1 is 1.03 bits per heavy atom. The van der Waals surface area contributed by atoms with Crippen molar-refractivity contribution in [1.82, 2.24) is 14.8 Å². The highest BCUT2D eigenvalue weighted by Gasteiger charge is 2.16. The van der Waals surface area contributed by atoms with Crippen LogP contribution in [0.4, 0.5) is 5.69 Å². The predicted molar refractivity (Wildman–Crippen MR) is 139 cm³/mol. The smallest absolute Gasteiger partial charge is 0.338 e. The van der Waals surface area contributed by atoms with Crippen LogP contribution in [0.25, 0.3) is 0 Å². The van der Waals surface area contributed by atoms with Gasteiger partial charge < -0.3 is 24.1 Å². The largest absolute Gasteiger partial charge is 0.490 e. The zero-order valence-electron chi connectivity index (χ0n) is 20.7. The number of anilines is 1. The summed E-state index contributed by atoms with van der Waals surface area (Å²) in [7, 11) is 0. The zero-order valence-corrected chi connectivity index (χ0v) is 22.2. The van der Waals surface area contributed by atoms with Crippen LogP contribution in [0, 0.1) is 6.92 Å². The van der Waals surface area contributed by atoms with Gasteiger partial charge in [0.25, 0.3) is 0 Å². The topological polar surface area (TPSA) is 105 Å². The van der Waals surface area contributed by atoms with Gasteiger partial charge in [-0.15, -0.1) is 10.2 Å². The van der Waals surface area contributed by atoms with Gasteiger partial charge in [0.05, 0.1) is 35.2 Å². The number of aryl methyl sites for hydroxylation is 1. The van der Waals surface area contributed by atoms with E-state index in [1.807, 2.05) is 43.5 Å². The molecule has 0 spiro atoms. The third-order valence-corrected chi connectivity index (χ3v) is 6.25. The van der Waals surface area contributed by atoms with Crippen LogP contribution in [-0.2, 0) is 22.7 Å². The van der Waals surface area contributed by atoms with Crippen LogP contribution in [0.5, 0.6) is 11.5 Å². The Bertz CT molecular complexity index is 1220. The number of hydrogen-bond acceptors (Lipinski definition) is 8. The predicted octanol–water partition coefficient (Wildman–Crippen LogP) is 5.15. The fraction of sp³-hybridized carbons (Fsp3) is 0.360. The first-order valence-corrected chi connectivity index (χ1v) is 12.9. The summed E-state index contributed by atoms with van der Waals surface area (Å²) < 4.78 is 18.5. The second-order valence-corrected chi connectivity index (χ2v) is 8.92. The highest BCUT2D eigenvalue weighted by atomic mass is 35.5. The molecule has 3 rings (SSSR count). The number of amides is 1. The molecule has 9 nitrogen and oxygen atoms in total. The second-order valence-electron chi connectivity index (χ2n) is 7.57. The zero-order chi connectivity index (χ0) is 26.1. The summed E-state index contributed by atoms with van der Waals surface area (Å²) in [5, 5.41) is 12.1. The number of carbonyl (C=O) groups is 2. The van der Waals surface area contributed by atoms with Crippen molar-refractivity contribution in [3.63, 3.8) is 0 Å². The number of carbonyl (C=O) groups excluding carboxylic acids is 2. The normalized spacial score (nSPS) is 10.7. The monoisotopic (exact) mass is 532 g/mol. The number of rotatable bonds is 12. The van der Waals surface area contributed by atoms with E-state index in [4.69, 9.17) is 25.8 Å². The lowest BCUT2D eigenvalue weighted by molar-refractivity contribution is -0.113. The maximum absolute atomic E-state index is 12.6. The number of hydrogen-bond donors (Lipinski definition) is 1.